The molecule has 0 fully saturated rings. The smallest absolute Gasteiger partial charge is 0.191 e. The predicted octanol–water partition coefficient (Wildman–Crippen LogP) is 1.91. The monoisotopic (exact) mass is 380 g/mol. The Balaban J connectivity index is 0. The Morgan fingerprint density at radius 2 is 1.79 bits per heavy atom. The van der Waals surface area contributed by atoms with Crippen LogP contribution in [0.15, 0.2) is 4.99 Å². The van der Waals surface area contributed by atoms with Gasteiger partial charge < -0.3 is 10.6 Å². The van der Waals surface area contributed by atoms with Gasteiger partial charge in [-0.25, -0.2) is 0 Å². The summed E-state index contributed by atoms with van der Waals surface area (Å²) in [6.45, 7) is 11.4. The lowest BCUT2D eigenvalue weighted by Crippen LogP contribution is -2.41. The van der Waals surface area contributed by atoms with E-state index < -0.39 is 0 Å². The first-order chi connectivity index (χ1) is 8.52. The number of nitrogens with zero attached hydrogens (tertiary/aromatic N) is 2. The summed E-state index contributed by atoms with van der Waals surface area (Å²) in [5, 5.41) is 6.30. The van der Waals surface area contributed by atoms with E-state index in [-0.39, 0.29) is 24.0 Å². The molecule has 0 rings (SSSR count). The number of guanidine groups is 1. The minimum atomic E-state index is 0. The molecule has 0 spiro atoms. The molecule has 0 heterocycles. The van der Waals surface area contributed by atoms with Gasteiger partial charge in [0.25, 0.3) is 0 Å². The molecule has 0 aromatic rings. The third-order valence-corrected chi connectivity index (χ3v) is 2.79. The van der Waals surface area contributed by atoms with Gasteiger partial charge in [-0.15, -0.1) is 30.4 Å². The van der Waals surface area contributed by atoms with Crippen molar-refractivity contribution in [2.24, 2.45) is 4.99 Å². The van der Waals surface area contributed by atoms with E-state index in [1.165, 1.54) is 0 Å². The van der Waals surface area contributed by atoms with Crippen LogP contribution in [0.4, 0.5) is 0 Å². The Bertz CT molecular complexity index is 274. The van der Waals surface area contributed by atoms with Gasteiger partial charge >= 0.3 is 0 Å². The fourth-order valence-corrected chi connectivity index (χ4v) is 1.94. The van der Waals surface area contributed by atoms with Crippen LogP contribution in [0.5, 0.6) is 0 Å². The SMILES string of the molecule is C#CCNC(=NC)NCCCN(C(C)C)C(C)C.I. The molecule has 5 heteroatoms. The highest BCUT2D eigenvalue weighted by molar-refractivity contribution is 14.0. The lowest BCUT2D eigenvalue weighted by Gasteiger charge is -2.30. The summed E-state index contributed by atoms with van der Waals surface area (Å²) in [6, 6.07) is 1.17. The van der Waals surface area contributed by atoms with Gasteiger partial charge in [-0.1, -0.05) is 5.92 Å². The highest BCUT2D eigenvalue weighted by atomic mass is 127. The molecule has 0 saturated carbocycles. The van der Waals surface area contributed by atoms with Crippen molar-refractivity contribution < 1.29 is 0 Å². The van der Waals surface area contributed by atoms with Crippen molar-refractivity contribution in [2.45, 2.75) is 46.2 Å². The van der Waals surface area contributed by atoms with Crippen molar-refractivity contribution in [1.29, 1.82) is 0 Å². The van der Waals surface area contributed by atoms with Crippen LogP contribution >= 0.6 is 24.0 Å². The van der Waals surface area contributed by atoms with Crippen LogP contribution in [0.3, 0.4) is 0 Å². The number of hydrogen-bond donors (Lipinski definition) is 2. The topological polar surface area (TPSA) is 39.7 Å². The maximum absolute atomic E-state index is 5.19. The van der Waals surface area contributed by atoms with Crippen molar-refractivity contribution in [3.63, 3.8) is 0 Å². The summed E-state index contributed by atoms with van der Waals surface area (Å²) in [5.41, 5.74) is 0. The average molecular weight is 380 g/mol. The van der Waals surface area contributed by atoms with Gasteiger partial charge in [0, 0.05) is 32.2 Å². The van der Waals surface area contributed by atoms with Gasteiger partial charge in [0.2, 0.25) is 0 Å². The standard InChI is InChI=1S/C14H28N4.HI/c1-7-9-16-14(15-6)17-10-8-11-18(12(2)3)13(4)5;/h1,12-13H,8-11H2,2-6H3,(H2,15,16,17);1H. The van der Waals surface area contributed by atoms with Crippen LogP contribution in [0.1, 0.15) is 34.1 Å². The second-order valence-electron chi connectivity index (χ2n) is 4.84. The molecule has 0 unspecified atom stereocenters. The lowest BCUT2D eigenvalue weighted by atomic mass is 10.2. The zero-order chi connectivity index (χ0) is 14.0. The molecule has 0 atom stereocenters. The number of terminal acetylenes is 1. The molecule has 0 aliphatic heterocycles. The van der Waals surface area contributed by atoms with Crippen LogP contribution < -0.4 is 10.6 Å². The first-order valence-electron chi connectivity index (χ1n) is 6.66. The van der Waals surface area contributed by atoms with Crippen LogP contribution in [-0.2, 0) is 0 Å². The first kappa shape index (κ1) is 20.8. The van der Waals surface area contributed by atoms with E-state index in [0.29, 0.717) is 18.6 Å². The molecule has 0 saturated heterocycles. The molecular weight excluding hydrogens is 351 g/mol. The maximum Gasteiger partial charge on any atom is 0.191 e. The summed E-state index contributed by atoms with van der Waals surface area (Å²) in [7, 11) is 1.75. The van der Waals surface area contributed by atoms with Crippen molar-refractivity contribution >= 4 is 29.9 Å². The minimum Gasteiger partial charge on any atom is -0.356 e. The number of halogens is 1. The molecule has 4 nitrogen and oxygen atoms in total. The van der Waals surface area contributed by atoms with E-state index in [2.05, 4.69) is 54.1 Å². The second-order valence-corrected chi connectivity index (χ2v) is 4.84. The minimum absolute atomic E-state index is 0. The molecule has 0 aliphatic rings. The van der Waals surface area contributed by atoms with Gasteiger partial charge in [0.15, 0.2) is 5.96 Å². The third-order valence-electron chi connectivity index (χ3n) is 2.79. The van der Waals surface area contributed by atoms with Gasteiger partial charge in [0.1, 0.15) is 0 Å². The lowest BCUT2D eigenvalue weighted by molar-refractivity contribution is 0.173. The summed E-state index contributed by atoms with van der Waals surface area (Å²) < 4.78 is 0. The quantitative estimate of drug-likeness (QED) is 0.233. The number of rotatable bonds is 7. The van der Waals surface area contributed by atoms with Gasteiger partial charge in [0.05, 0.1) is 6.54 Å². The summed E-state index contributed by atoms with van der Waals surface area (Å²) in [5.74, 6) is 3.30. The average Bonchev–Trinajstić information content (AvgIpc) is 2.31. The van der Waals surface area contributed by atoms with Crippen molar-refractivity contribution in [2.75, 3.05) is 26.7 Å². The fourth-order valence-electron chi connectivity index (χ4n) is 1.94. The highest BCUT2D eigenvalue weighted by Gasteiger charge is 2.12. The molecule has 0 aromatic heterocycles. The molecule has 0 amide bonds. The van der Waals surface area contributed by atoms with E-state index in [1.54, 1.807) is 7.05 Å². The molecule has 0 radical (unpaired) electrons. The molecule has 2 N–H and O–H groups in total. The van der Waals surface area contributed by atoms with E-state index in [1.807, 2.05) is 0 Å². The Hall–Kier alpha value is -0.480. The van der Waals surface area contributed by atoms with E-state index in [4.69, 9.17) is 6.42 Å². The van der Waals surface area contributed by atoms with Crippen LogP contribution in [-0.4, -0.2) is 49.6 Å². The molecule has 0 aliphatic carbocycles. The first-order valence-corrected chi connectivity index (χ1v) is 6.66. The van der Waals surface area contributed by atoms with Crippen LogP contribution in [0, 0.1) is 12.3 Å². The van der Waals surface area contributed by atoms with Crippen molar-refractivity contribution in [3.8, 4) is 12.3 Å². The van der Waals surface area contributed by atoms with Crippen LogP contribution in [0.2, 0.25) is 0 Å². The predicted molar refractivity (Wildman–Crippen MR) is 95.2 cm³/mol. The molecule has 0 bridgehead atoms. The second kappa shape index (κ2) is 12.5. The molecular formula is C14H29IN4. The summed E-state index contributed by atoms with van der Waals surface area (Å²) in [4.78, 5) is 6.58. The zero-order valence-electron chi connectivity index (χ0n) is 12.9. The number of aliphatic imine (C=N–C) groups is 1. The Labute approximate surface area is 135 Å². The molecule has 19 heavy (non-hydrogen) atoms. The van der Waals surface area contributed by atoms with E-state index in [0.717, 1.165) is 25.5 Å². The maximum atomic E-state index is 5.19. The van der Waals surface area contributed by atoms with Crippen molar-refractivity contribution in [1.82, 2.24) is 15.5 Å². The number of nitrogens with one attached hydrogen (secondary N) is 2. The zero-order valence-corrected chi connectivity index (χ0v) is 15.2. The van der Waals surface area contributed by atoms with Gasteiger partial charge in [-0.2, -0.15) is 0 Å². The largest absolute Gasteiger partial charge is 0.356 e. The Morgan fingerprint density at radius 1 is 1.21 bits per heavy atom. The summed E-state index contributed by atoms with van der Waals surface area (Å²) in [6.07, 6.45) is 6.28. The van der Waals surface area contributed by atoms with E-state index in [9.17, 15) is 0 Å². The van der Waals surface area contributed by atoms with Crippen molar-refractivity contribution in [3.05, 3.63) is 0 Å². The molecule has 112 valence electrons. The fraction of sp³-hybridized carbons (Fsp3) is 0.786. The van der Waals surface area contributed by atoms with Gasteiger partial charge in [-0.05, 0) is 34.1 Å². The summed E-state index contributed by atoms with van der Waals surface area (Å²) >= 11 is 0. The normalized spacial score (nSPS) is 11.4. The van der Waals surface area contributed by atoms with Gasteiger partial charge in [-0.3, -0.25) is 9.89 Å². The Kier molecular flexibility index (Phi) is 13.8. The highest BCUT2D eigenvalue weighted by Crippen LogP contribution is 2.04. The third kappa shape index (κ3) is 10.0. The molecule has 0 aromatic carbocycles. The number of hydrogen-bond acceptors (Lipinski definition) is 2. The Morgan fingerprint density at radius 3 is 2.21 bits per heavy atom. The van der Waals surface area contributed by atoms with E-state index >= 15 is 0 Å². The van der Waals surface area contributed by atoms with Crippen LogP contribution in [0.25, 0.3) is 0 Å².